The largest absolute Gasteiger partial charge is 0.493 e. The van der Waals surface area contributed by atoms with Crippen LogP contribution in [0.25, 0.3) is 0 Å². The number of ether oxygens (including phenoxy) is 2. The molecule has 5 nitrogen and oxygen atoms in total. The SMILES string of the molecule is COc1ccc(C(=O)c2ccccc2)c(C)c1OC(=O)CO. The fourth-order valence-corrected chi connectivity index (χ4v) is 2.09. The number of aliphatic hydroxyl groups is 1. The molecule has 2 aromatic carbocycles. The molecule has 0 spiro atoms. The van der Waals surface area contributed by atoms with Gasteiger partial charge in [0.15, 0.2) is 17.3 Å². The zero-order chi connectivity index (χ0) is 16.1. The number of carbonyl (C=O) groups is 2. The molecular formula is C17H16O5. The van der Waals surface area contributed by atoms with E-state index in [4.69, 9.17) is 14.6 Å². The molecule has 2 rings (SSSR count). The lowest BCUT2D eigenvalue weighted by Crippen LogP contribution is -2.15. The molecule has 2 aromatic rings. The third-order valence-electron chi connectivity index (χ3n) is 3.22. The molecule has 0 saturated carbocycles. The van der Waals surface area contributed by atoms with Crippen LogP contribution in [0, 0.1) is 6.92 Å². The number of methoxy groups -OCH3 is 1. The van der Waals surface area contributed by atoms with Crippen LogP contribution >= 0.6 is 0 Å². The maximum Gasteiger partial charge on any atom is 0.337 e. The van der Waals surface area contributed by atoms with E-state index in [1.165, 1.54) is 7.11 Å². The average Bonchev–Trinajstić information content (AvgIpc) is 2.56. The molecule has 0 aliphatic heterocycles. The minimum absolute atomic E-state index is 0.142. The summed E-state index contributed by atoms with van der Waals surface area (Å²) in [5.41, 5.74) is 1.43. The Morgan fingerprint density at radius 3 is 2.36 bits per heavy atom. The third kappa shape index (κ3) is 3.15. The van der Waals surface area contributed by atoms with Crippen molar-refractivity contribution in [2.24, 2.45) is 0 Å². The normalized spacial score (nSPS) is 10.1. The lowest BCUT2D eigenvalue weighted by molar-refractivity contribution is -0.137. The van der Waals surface area contributed by atoms with Crippen molar-refractivity contribution >= 4 is 11.8 Å². The highest BCUT2D eigenvalue weighted by Gasteiger charge is 2.19. The Morgan fingerprint density at radius 1 is 1.09 bits per heavy atom. The van der Waals surface area contributed by atoms with Crippen LogP contribution in [0.3, 0.4) is 0 Å². The van der Waals surface area contributed by atoms with Gasteiger partial charge in [0, 0.05) is 16.7 Å². The summed E-state index contributed by atoms with van der Waals surface area (Å²) in [6.45, 7) is 0.915. The standard InChI is InChI=1S/C17H16O5/c1-11-13(16(20)12-6-4-3-5-7-12)8-9-14(21-2)17(11)22-15(19)10-18/h3-9,18H,10H2,1-2H3. The second-order valence-electron chi connectivity index (χ2n) is 4.60. The number of esters is 1. The molecule has 0 amide bonds. The molecule has 0 radical (unpaired) electrons. The summed E-state index contributed by atoms with van der Waals surface area (Å²) in [6, 6.07) is 12.0. The fraction of sp³-hybridized carbons (Fsp3) is 0.176. The highest BCUT2D eigenvalue weighted by atomic mass is 16.6. The lowest BCUT2D eigenvalue weighted by atomic mass is 9.98. The van der Waals surface area contributed by atoms with Crippen molar-refractivity contribution in [2.45, 2.75) is 6.92 Å². The zero-order valence-electron chi connectivity index (χ0n) is 12.3. The molecular weight excluding hydrogens is 284 g/mol. The zero-order valence-corrected chi connectivity index (χ0v) is 12.3. The smallest absolute Gasteiger partial charge is 0.337 e. The monoisotopic (exact) mass is 300 g/mol. The van der Waals surface area contributed by atoms with Gasteiger partial charge in [-0.15, -0.1) is 0 Å². The first-order chi connectivity index (χ1) is 10.6. The first-order valence-corrected chi connectivity index (χ1v) is 6.67. The Bertz CT molecular complexity index is 692. The average molecular weight is 300 g/mol. The first kappa shape index (κ1) is 15.7. The van der Waals surface area contributed by atoms with Crippen molar-refractivity contribution in [1.82, 2.24) is 0 Å². The first-order valence-electron chi connectivity index (χ1n) is 6.67. The second-order valence-corrected chi connectivity index (χ2v) is 4.60. The van der Waals surface area contributed by atoms with Gasteiger partial charge < -0.3 is 14.6 Å². The fourth-order valence-electron chi connectivity index (χ4n) is 2.09. The van der Waals surface area contributed by atoms with Crippen molar-refractivity contribution in [3.63, 3.8) is 0 Å². The van der Waals surface area contributed by atoms with E-state index in [1.54, 1.807) is 43.3 Å². The van der Waals surface area contributed by atoms with Crippen LogP contribution in [0.15, 0.2) is 42.5 Å². The number of rotatable bonds is 5. The summed E-state index contributed by atoms with van der Waals surface area (Å²) in [7, 11) is 1.43. The van der Waals surface area contributed by atoms with Gasteiger partial charge in [0.25, 0.3) is 0 Å². The van der Waals surface area contributed by atoms with E-state index in [1.807, 2.05) is 6.07 Å². The molecule has 0 unspecified atom stereocenters. The van der Waals surface area contributed by atoms with Crippen molar-refractivity contribution < 1.29 is 24.2 Å². The van der Waals surface area contributed by atoms with Crippen LogP contribution in [-0.4, -0.2) is 30.6 Å². The van der Waals surface area contributed by atoms with E-state index in [0.29, 0.717) is 22.4 Å². The maximum absolute atomic E-state index is 12.5. The van der Waals surface area contributed by atoms with Crippen LogP contribution in [0.4, 0.5) is 0 Å². The number of aliphatic hydroxyl groups excluding tert-OH is 1. The number of hydrogen-bond acceptors (Lipinski definition) is 5. The second kappa shape index (κ2) is 6.87. The summed E-state index contributed by atoms with van der Waals surface area (Å²) in [5.74, 6) is -0.528. The quantitative estimate of drug-likeness (QED) is 0.520. The van der Waals surface area contributed by atoms with Crippen LogP contribution < -0.4 is 9.47 Å². The number of carbonyl (C=O) groups excluding carboxylic acids is 2. The predicted octanol–water partition coefficient (Wildman–Crippen LogP) is 2.13. The van der Waals surface area contributed by atoms with Gasteiger partial charge in [0.1, 0.15) is 6.61 Å². The Balaban J connectivity index is 2.47. The van der Waals surface area contributed by atoms with E-state index in [2.05, 4.69) is 0 Å². The molecule has 0 fully saturated rings. The third-order valence-corrected chi connectivity index (χ3v) is 3.22. The molecule has 0 saturated heterocycles. The van der Waals surface area contributed by atoms with E-state index in [9.17, 15) is 9.59 Å². The molecule has 114 valence electrons. The van der Waals surface area contributed by atoms with Gasteiger partial charge in [0.2, 0.25) is 0 Å². The van der Waals surface area contributed by atoms with Gasteiger partial charge in [-0.1, -0.05) is 30.3 Å². The topological polar surface area (TPSA) is 72.8 Å². The molecule has 1 N–H and O–H groups in total. The summed E-state index contributed by atoms with van der Waals surface area (Å²) >= 11 is 0. The predicted molar refractivity (Wildman–Crippen MR) is 80.3 cm³/mol. The summed E-state index contributed by atoms with van der Waals surface area (Å²) < 4.78 is 10.2. The highest BCUT2D eigenvalue weighted by molar-refractivity contribution is 6.10. The Labute approximate surface area is 128 Å². The molecule has 0 aromatic heterocycles. The molecule has 22 heavy (non-hydrogen) atoms. The van der Waals surface area contributed by atoms with Crippen LogP contribution in [0.2, 0.25) is 0 Å². The summed E-state index contributed by atoms with van der Waals surface area (Å²) in [6.07, 6.45) is 0. The van der Waals surface area contributed by atoms with E-state index in [0.717, 1.165) is 0 Å². The van der Waals surface area contributed by atoms with Crippen LogP contribution in [0.5, 0.6) is 11.5 Å². The van der Waals surface area contributed by atoms with Crippen molar-refractivity contribution in [2.75, 3.05) is 13.7 Å². The molecule has 5 heteroatoms. The minimum Gasteiger partial charge on any atom is -0.493 e. The Hall–Kier alpha value is -2.66. The number of ketones is 1. The lowest BCUT2D eigenvalue weighted by Gasteiger charge is -2.14. The molecule has 0 bridgehead atoms. The minimum atomic E-state index is -0.814. The van der Waals surface area contributed by atoms with Gasteiger partial charge >= 0.3 is 5.97 Å². The maximum atomic E-state index is 12.5. The van der Waals surface area contributed by atoms with Crippen molar-refractivity contribution in [3.05, 3.63) is 59.2 Å². The van der Waals surface area contributed by atoms with Crippen LogP contribution in [0.1, 0.15) is 21.5 Å². The summed E-state index contributed by atoms with van der Waals surface area (Å²) in [4.78, 5) is 23.9. The van der Waals surface area contributed by atoms with E-state index in [-0.39, 0.29) is 11.5 Å². The molecule has 0 heterocycles. The molecule has 0 aliphatic carbocycles. The van der Waals surface area contributed by atoms with E-state index >= 15 is 0 Å². The summed E-state index contributed by atoms with van der Waals surface area (Å²) in [5, 5.41) is 8.82. The van der Waals surface area contributed by atoms with Crippen LogP contribution in [-0.2, 0) is 4.79 Å². The van der Waals surface area contributed by atoms with Gasteiger partial charge in [-0.3, -0.25) is 4.79 Å². The number of benzene rings is 2. The van der Waals surface area contributed by atoms with E-state index < -0.39 is 12.6 Å². The number of hydrogen-bond donors (Lipinski definition) is 1. The van der Waals surface area contributed by atoms with Crippen molar-refractivity contribution in [1.29, 1.82) is 0 Å². The van der Waals surface area contributed by atoms with Crippen molar-refractivity contribution in [3.8, 4) is 11.5 Å². The van der Waals surface area contributed by atoms with Gasteiger partial charge in [-0.25, -0.2) is 4.79 Å². The highest BCUT2D eigenvalue weighted by Crippen LogP contribution is 2.34. The molecule has 0 aliphatic rings. The Kier molecular flexibility index (Phi) is 4.91. The Morgan fingerprint density at radius 2 is 1.77 bits per heavy atom. The van der Waals surface area contributed by atoms with Gasteiger partial charge in [0.05, 0.1) is 7.11 Å². The van der Waals surface area contributed by atoms with Gasteiger partial charge in [-0.2, -0.15) is 0 Å². The van der Waals surface area contributed by atoms with Gasteiger partial charge in [-0.05, 0) is 19.1 Å². The molecule has 0 atom stereocenters.